The van der Waals surface area contributed by atoms with Gasteiger partial charge in [0.2, 0.25) is 11.8 Å². The standard InChI is InChI=1S/C23H19ClN4O5S/c1-33-22(32)18-19(12-6-8-13(24)9-7-12)34-23(28-18)27-17(29)11-10-16-21(31)25-15-5-3-2-4-14(15)20(30)26-16/h2-9,16H,10-11H2,1H3,(H,25,31)(H,26,30)(H,27,28,29). The number of para-hydroxylation sites is 1. The summed E-state index contributed by atoms with van der Waals surface area (Å²) in [6, 6.07) is 12.6. The Balaban J connectivity index is 1.44. The van der Waals surface area contributed by atoms with Crippen molar-refractivity contribution in [3.8, 4) is 10.4 Å². The number of rotatable bonds is 6. The van der Waals surface area contributed by atoms with E-state index < -0.39 is 29.7 Å². The van der Waals surface area contributed by atoms with Crippen molar-refractivity contribution in [3.63, 3.8) is 0 Å². The van der Waals surface area contributed by atoms with Crippen molar-refractivity contribution in [2.24, 2.45) is 0 Å². The summed E-state index contributed by atoms with van der Waals surface area (Å²) in [6.45, 7) is 0. The monoisotopic (exact) mass is 498 g/mol. The number of nitrogens with zero attached hydrogens (tertiary/aromatic N) is 1. The zero-order valence-corrected chi connectivity index (χ0v) is 19.5. The van der Waals surface area contributed by atoms with Crippen molar-refractivity contribution in [1.29, 1.82) is 0 Å². The van der Waals surface area contributed by atoms with Gasteiger partial charge in [-0.15, -0.1) is 0 Å². The van der Waals surface area contributed by atoms with E-state index in [9.17, 15) is 19.2 Å². The number of hydrogen-bond donors (Lipinski definition) is 3. The van der Waals surface area contributed by atoms with Crippen molar-refractivity contribution in [3.05, 3.63) is 64.8 Å². The van der Waals surface area contributed by atoms with Crippen molar-refractivity contribution in [2.45, 2.75) is 18.9 Å². The van der Waals surface area contributed by atoms with Crippen LogP contribution in [0.15, 0.2) is 48.5 Å². The Hall–Kier alpha value is -3.76. The molecule has 34 heavy (non-hydrogen) atoms. The van der Waals surface area contributed by atoms with Gasteiger partial charge in [0.1, 0.15) is 6.04 Å². The Labute approximate surface area is 203 Å². The van der Waals surface area contributed by atoms with Crippen LogP contribution in [0.4, 0.5) is 10.8 Å². The maximum Gasteiger partial charge on any atom is 0.358 e. The number of halogens is 1. The third-order valence-electron chi connectivity index (χ3n) is 5.07. The van der Waals surface area contributed by atoms with Crippen LogP contribution in [0.3, 0.4) is 0 Å². The minimum Gasteiger partial charge on any atom is -0.464 e. The summed E-state index contributed by atoms with van der Waals surface area (Å²) in [6.07, 6.45) is 0.0226. The molecule has 1 aromatic heterocycles. The maximum atomic E-state index is 12.6. The number of hydrogen-bond acceptors (Lipinski definition) is 7. The van der Waals surface area contributed by atoms with E-state index in [1.54, 1.807) is 48.5 Å². The van der Waals surface area contributed by atoms with Gasteiger partial charge in [0.25, 0.3) is 5.91 Å². The van der Waals surface area contributed by atoms with E-state index in [0.717, 1.165) is 11.3 Å². The van der Waals surface area contributed by atoms with Gasteiger partial charge in [-0.25, -0.2) is 9.78 Å². The number of carbonyl (C=O) groups excluding carboxylic acids is 4. The number of aromatic nitrogens is 1. The summed E-state index contributed by atoms with van der Waals surface area (Å²) in [7, 11) is 1.25. The zero-order valence-electron chi connectivity index (χ0n) is 17.9. The number of methoxy groups -OCH3 is 1. The lowest BCUT2D eigenvalue weighted by molar-refractivity contribution is -0.118. The molecule has 0 spiro atoms. The lowest BCUT2D eigenvalue weighted by Crippen LogP contribution is -2.41. The first-order valence-corrected chi connectivity index (χ1v) is 11.4. The Morgan fingerprint density at radius 1 is 1.15 bits per heavy atom. The van der Waals surface area contributed by atoms with Crippen LogP contribution in [0.2, 0.25) is 5.02 Å². The van der Waals surface area contributed by atoms with Gasteiger partial charge < -0.3 is 20.7 Å². The number of ether oxygens (including phenoxy) is 1. The molecule has 3 N–H and O–H groups in total. The summed E-state index contributed by atoms with van der Waals surface area (Å²) in [5.41, 5.74) is 1.54. The number of amides is 3. The molecule has 2 heterocycles. The number of benzene rings is 2. The molecule has 0 saturated carbocycles. The summed E-state index contributed by atoms with van der Waals surface area (Å²) in [5, 5.41) is 8.75. The van der Waals surface area contributed by atoms with Crippen molar-refractivity contribution < 1.29 is 23.9 Å². The Kier molecular flexibility index (Phi) is 6.90. The molecule has 4 rings (SSSR count). The number of esters is 1. The second kappa shape index (κ2) is 10.0. The first-order chi connectivity index (χ1) is 16.4. The van der Waals surface area contributed by atoms with E-state index in [0.29, 0.717) is 26.7 Å². The lowest BCUT2D eigenvalue weighted by Gasteiger charge is -2.13. The minimum absolute atomic E-state index is 0.0574. The van der Waals surface area contributed by atoms with Gasteiger partial charge in [0.15, 0.2) is 10.8 Å². The Morgan fingerprint density at radius 2 is 1.88 bits per heavy atom. The second-order valence-electron chi connectivity index (χ2n) is 7.34. The largest absolute Gasteiger partial charge is 0.464 e. The third-order valence-corrected chi connectivity index (χ3v) is 6.34. The van der Waals surface area contributed by atoms with Crippen LogP contribution in [0.5, 0.6) is 0 Å². The van der Waals surface area contributed by atoms with Crippen LogP contribution in [-0.2, 0) is 14.3 Å². The molecule has 2 aromatic carbocycles. The molecule has 174 valence electrons. The molecular weight excluding hydrogens is 480 g/mol. The number of thiazole rings is 1. The van der Waals surface area contributed by atoms with Gasteiger partial charge >= 0.3 is 5.97 Å². The molecular formula is C23H19ClN4O5S. The van der Waals surface area contributed by atoms with E-state index in [1.807, 2.05) is 0 Å². The molecule has 0 bridgehead atoms. The van der Waals surface area contributed by atoms with E-state index in [1.165, 1.54) is 7.11 Å². The molecule has 0 radical (unpaired) electrons. The SMILES string of the molecule is COC(=O)c1nc(NC(=O)CCC2NC(=O)c3ccccc3NC2=O)sc1-c1ccc(Cl)cc1. The number of anilines is 2. The fraction of sp³-hybridized carbons (Fsp3) is 0.174. The molecule has 1 unspecified atom stereocenters. The fourth-order valence-corrected chi connectivity index (χ4v) is 4.48. The van der Waals surface area contributed by atoms with Crippen LogP contribution >= 0.6 is 22.9 Å². The van der Waals surface area contributed by atoms with Crippen LogP contribution in [0, 0.1) is 0 Å². The lowest BCUT2D eigenvalue weighted by atomic mass is 10.1. The van der Waals surface area contributed by atoms with Crippen LogP contribution in [0.25, 0.3) is 10.4 Å². The first kappa shape index (κ1) is 23.4. The topological polar surface area (TPSA) is 126 Å². The van der Waals surface area contributed by atoms with E-state index in [-0.39, 0.29) is 23.7 Å². The Morgan fingerprint density at radius 3 is 2.62 bits per heavy atom. The van der Waals surface area contributed by atoms with Crippen molar-refractivity contribution >= 4 is 57.4 Å². The molecule has 0 saturated heterocycles. The third kappa shape index (κ3) is 5.08. The van der Waals surface area contributed by atoms with Gasteiger partial charge in [-0.2, -0.15) is 0 Å². The molecule has 0 fully saturated rings. The predicted molar refractivity (Wildman–Crippen MR) is 128 cm³/mol. The van der Waals surface area contributed by atoms with Crippen molar-refractivity contribution in [2.75, 3.05) is 17.7 Å². The quantitative estimate of drug-likeness (QED) is 0.444. The molecule has 1 aliphatic rings. The maximum absolute atomic E-state index is 12.6. The zero-order chi connectivity index (χ0) is 24.2. The molecule has 11 heteroatoms. The molecule has 3 amide bonds. The number of nitrogens with one attached hydrogen (secondary N) is 3. The average molecular weight is 499 g/mol. The second-order valence-corrected chi connectivity index (χ2v) is 8.78. The minimum atomic E-state index is -0.878. The molecule has 0 aliphatic carbocycles. The summed E-state index contributed by atoms with van der Waals surface area (Å²) in [5.74, 6) is -1.86. The smallest absolute Gasteiger partial charge is 0.358 e. The van der Waals surface area contributed by atoms with Gasteiger partial charge in [-0.3, -0.25) is 14.4 Å². The van der Waals surface area contributed by atoms with Crippen LogP contribution in [-0.4, -0.2) is 41.8 Å². The summed E-state index contributed by atoms with van der Waals surface area (Å²) in [4.78, 5) is 54.4. The summed E-state index contributed by atoms with van der Waals surface area (Å²) >= 11 is 7.05. The highest BCUT2D eigenvalue weighted by Gasteiger charge is 2.28. The van der Waals surface area contributed by atoms with Gasteiger partial charge in [-0.1, -0.05) is 47.2 Å². The Bertz CT molecular complexity index is 1270. The molecule has 3 aromatic rings. The normalized spacial score (nSPS) is 14.9. The fourth-order valence-electron chi connectivity index (χ4n) is 3.38. The van der Waals surface area contributed by atoms with Gasteiger partial charge in [-0.05, 0) is 36.2 Å². The molecule has 9 nitrogen and oxygen atoms in total. The summed E-state index contributed by atoms with van der Waals surface area (Å²) < 4.78 is 4.81. The highest BCUT2D eigenvalue weighted by atomic mass is 35.5. The highest BCUT2D eigenvalue weighted by Crippen LogP contribution is 2.34. The molecule has 1 aliphatic heterocycles. The van der Waals surface area contributed by atoms with Gasteiger partial charge in [0, 0.05) is 11.4 Å². The van der Waals surface area contributed by atoms with E-state index >= 15 is 0 Å². The highest BCUT2D eigenvalue weighted by molar-refractivity contribution is 7.19. The average Bonchev–Trinajstić information content (AvgIpc) is 3.20. The molecule has 1 atom stereocenters. The predicted octanol–water partition coefficient (Wildman–Crippen LogP) is 3.72. The van der Waals surface area contributed by atoms with Gasteiger partial charge in [0.05, 0.1) is 23.2 Å². The number of carbonyl (C=O) groups is 4. The van der Waals surface area contributed by atoms with E-state index in [2.05, 4.69) is 20.9 Å². The van der Waals surface area contributed by atoms with Crippen LogP contribution < -0.4 is 16.0 Å². The number of fused-ring (bicyclic) bond motifs is 1. The first-order valence-electron chi connectivity index (χ1n) is 10.2. The van der Waals surface area contributed by atoms with Crippen molar-refractivity contribution in [1.82, 2.24) is 10.3 Å². The van der Waals surface area contributed by atoms with Crippen LogP contribution in [0.1, 0.15) is 33.7 Å². The van der Waals surface area contributed by atoms with E-state index in [4.69, 9.17) is 16.3 Å².